The van der Waals surface area contributed by atoms with Crippen molar-refractivity contribution in [2.75, 3.05) is 13.2 Å². The third-order valence-electron chi connectivity index (χ3n) is 10.9. The average Bonchev–Trinajstić information content (AvgIpc) is 3.20. The molecule has 0 radical (unpaired) electrons. The Labute approximate surface area is 342 Å². The summed E-state index contributed by atoms with van der Waals surface area (Å²) in [6.45, 7) is 3.68. The highest BCUT2D eigenvalue weighted by Crippen LogP contribution is 2.22. The number of aliphatic hydroxyl groups excluding tert-OH is 5. The summed E-state index contributed by atoms with van der Waals surface area (Å²) in [4.78, 5) is 12.9. The molecule has 7 atom stereocenters. The minimum absolute atomic E-state index is 0.191. The molecule has 1 amide bonds. The van der Waals surface area contributed by atoms with Crippen LogP contribution < -0.4 is 5.32 Å². The lowest BCUT2D eigenvalue weighted by Crippen LogP contribution is -2.60. The fraction of sp³-hybridized carbons (Fsp3) is 0.851. The monoisotopic (exact) mass is 794 g/mol. The van der Waals surface area contributed by atoms with Crippen LogP contribution in [0.2, 0.25) is 0 Å². The van der Waals surface area contributed by atoms with Crippen molar-refractivity contribution in [2.24, 2.45) is 0 Å². The van der Waals surface area contributed by atoms with Crippen LogP contribution in [0.1, 0.15) is 200 Å². The number of hydrogen-bond acceptors (Lipinski definition) is 8. The molecule has 0 aromatic heterocycles. The number of nitrogens with one attached hydrogen (secondary N) is 1. The lowest BCUT2D eigenvalue weighted by molar-refractivity contribution is -0.302. The van der Waals surface area contributed by atoms with E-state index in [2.05, 4.69) is 43.5 Å². The van der Waals surface area contributed by atoms with Crippen molar-refractivity contribution in [2.45, 2.75) is 243 Å². The van der Waals surface area contributed by atoms with Crippen molar-refractivity contribution in [3.8, 4) is 0 Å². The second-order valence-corrected chi connectivity index (χ2v) is 16.2. The second-order valence-electron chi connectivity index (χ2n) is 16.2. The first-order valence-electron chi connectivity index (χ1n) is 23.2. The van der Waals surface area contributed by atoms with E-state index in [0.29, 0.717) is 6.42 Å². The zero-order valence-electron chi connectivity index (χ0n) is 35.9. The summed E-state index contributed by atoms with van der Waals surface area (Å²) in [6, 6.07) is -0.823. The van der Waals surface area contributed by atoms with Crippen LogP contribution >= 0.6 is 0 Å². The maximum atomic E-state index is 12.9. The van der Waals surface area contributed by atoms with Crippen LogP contribution in [0.3, 0.4) is 0 Å². The normalized spacial score (nSPS) is 21.4. The van der Waals surface area contributed by atoms with Crippen molar-refractivity contribution < 1.29 is 39.8 Å². The summed E-state index contributed by atoms with van der Waals surface area (Å²) in [6.07, 6.45) is 39.2. The van der Waals surface area contributed by atoms with Gasteiger partial charge in [-0.25, -0.2) is 0 Å². The van der Waals surface area contributed by atoms with Crippen molar-refractivity contribution in [1.82, 2.24) is 5.32 Å². The van der Waals surface area contributed by atoms with Crippen LogP contribution in [0.4, 0.5) is 0 Å². The minimum Gasteiger partial charge on any atom is -0.394 e. The number of amides is 1. The van der Waals surface area contributed by atoms with Gasteiger partial charge in [0.1, 0.15) is 24.4 Å². The van der Waals surface area contributed by atoms with Gasteiger partial charge in [-0.15, -0.1) is 0 Å². The maximum absolute atomic E-state index is 12.9. The molecule has 1 rings (SSSR count). The summed E-state index contributed by atoms with van der Waals surface area (Å²) in [7, 11) is 0. The molecular weight excluding hydrogens is 707 g/mol. The SMILES string of the molecule is CCC/C=C/CC/C=C/CC/C=C/C(O)C(COC1OC(CO)C(O)C(O)C1O)NC(=O)CCCCCCCCCCCCCCCCCCCCCCCC. The summed E-state index contributed by atoms with van der Waals surface area (Å²) < 4.78 is 11.2. The fourth-order valence-electron chi connectivity index (χ4n) is 7.20. The van der Waals surface area contributed by atoms with E-state index in [9.17, 15) is 30.3 Å². The molecule has 56 heavy (non-hydrogen) atoms. The van der Waals surface area contributed by atoms with Gasteiger partial charge in [0.05, 0.1) is 25.4 Å². The van der Waals surface area contributed by atoms with E-state index < -0.39 is 49.5 Å². The zero-order chi connectivity index (χ0) is 40.9. The van der Waals surface area contributed by atoms with Gasteiger partial charge < -0.3 is 40.3 Å². The summed E-state index contributed by atoms with van der Waals surface area (Å²) in [5.41, 5.74) is 0. The molecule has 1 fully saturated rings. The number of ether oxygens (including phenoxy) is 2. The number of rotatable bonds is 38. The predicted molar refractivity (Wildman–Crippen MR) is 230 cm³/mol. The Balaban J connectivity index is 2.28. The first-order chi connectivity index (χ1) is 27.3. The smallest absolute Gasteiger partial charge is 0.220 e. The van der Waals surface area contributed by atoms with Gasteiger partial charge in [0, 0.05) is 6.42 Å². The Morgan fingerprint density at radius 2 is 1.02 bits per heavy atom. The first kappa shape index (κ1) is 52.4. The van der Waals surface area contributed by atoms with Gasteiger partial charge >= 0.3 is 0 Å². The Bertz CT molecular complexity index is 972. The van der Waals surface area contributed by atoms with Crippen molar-refractivity contribution in [3.63, 3.8) is 0 Å². The molecule has 1 aliphatic rings. The average molecular weight is 794 g/mol. The number of carbonyl (C=O) groups is 1. The number of aliphatic hydroxyl groups is 5. The minimum atomic E-state index is -1.57. The van der Waals surface area contributed by atoms with Gasteiger partial charge in [0.15, 0.2) is 6.29 Å². The van der Waals surface area contributed by atoms with E-state index in [1.165, 1.54) is 122 Å². The quantitative estimate of drug-likeness (QED) is 0.0268. The molecule has 1 saturated heterocycles. The van der Waals surface area contributed by atoms with Crippen LogP contribution in [0, 0.1) is 0 Å². The maximum Gasteiger partial charge on any atom is 0.220 e. The largest absolute Gasteiger partial charge is 0.394 e. The van der Waals surface area contributed by atoms with Crippen LogP contribution in [0.25, 0.3) is 0 Å². The van der Waals surface area contributed by atoms with Gasteiger partial charge in [-0.1, -0.05) is 192 Å². The molecule has 0 aromatic rings. The third kappa shape index (κ3) is 27.9. The Morgan fingerprint density at radius 1 is 0.589 bits per heavy atom. The Morgan fingerprint density at radius 3 is 1.46 bits per heavy atom. The summed E-state index contributed by atoms with van der Waals surface area (Å²) in [5.74, 6) is -0.191. The topological polar surface area (TPSA) is 149 Å². The van der Waals surface area contributed by atoms with Crippen LogP contribution in [0.5, 0.6) is 0 Å². The van der Waals surface area contributed by atoms with Gasteiger partial charge in [0.25, 0.3) is 0 Å². The Kier molecular flexibility index (Phi) is 35.3. The molecule has 0 aliphatic carbocycles. The van der Waals surface area contributed by atoms with E-state index in [4.69, 9.17) is 9.47 Å². The standard InChI is InChI=1S/C47H87NO8/c1-3-5-7-9-11-13-15-16-17-18-19-20-21-22-23-24-25-27-29-31-33-35-37-43(51)48-40(39-55-47-46(54)45(53)44(52)42(38-49)56-47)41(50)36-34-32-30-28-26-14-12-10-8-6-4-2/h8,10,26,28,34,36,40-42,44-47,49-50,52-54H,3-7,9,11-25,27,29-33,35,37-39H2,1-2H3,(H,48,51)/b10-8+,28-26+,36-34+. The van der Waals surface area contributed by atoms with E-state index >= 15 is 0 Å². The fourth-order valence-corrected chi connectivity index (χ4v) is 7.20. The van der Waals surface area contributed by atoms with Gasteiger partial charge in [-0.2, -0.15) is 0 Å². The molecule has 9 heteroatoms. The number of hydrogen-bond donors (Lipinski definition) is 6. The van der Waals surface area contributed by atoms with Gasteiger partial charge in [-0.05, 0) is 38.5 Å². The van der Waals surface area contributed by atoms with Crippen molar-refractivity contribution in [3.05, 3.63) is 36.5 Å². The van der Waals surface area contributed by atoms with Gasteiger partial charge in [0.2, 0.25) is 5.91 Å². The third-order valence-corrected chi connectivity index (χ3v) is 10.9. The van der Waals surface area contributed by atoms with E-state index in [-0.39, 0.29) is 12.5 Å². The first-order valence-corrected chi connectivity index (χ1v) is 23.2. The highest BCUT2D eigenvalue weighted by Gasteiger charge is 2.44. The van der Waals surface area contributed by atoms with Crippen LogP contribution in [0.15, 0.2) is 36.5 Å². The van der Waals surface area contributed by atoms with E-state index in [0.717, 1.165) is 57.8 Å². The molecule has 6 N–H and O–H groups in total. The molecule has 0 saturated carbocycles. The zero-order valence-corrected chi connectivity index (χ0v) is 35.9. The molecule has 0 bridgehead atoms. The number of carbonyl (C=O) groups excluding carboxylic acids is 1. The summed E-state index contributed by atoms with van der Waals surface area (Å²) >= 11 is 0. The highest BCUT2D eigenvalue weighted by molar-refractivity contribution is 5.76. The predicted octanol–water partition coefficient (Wildman–Crippen LogP) is 9.67. The molecular formula is C47H87NO8. The van der Waals surface area contributed by atoms with E-state index in [1.807, 2.05) is 6.08 Å². The number of unbranched alkanes of at least 4 members (excludes halogenated alkanes) is 24. The second kappa shape index (κ2) is 37.7. The molecule has 1 heterocycles. The molecule has 9 nitrogen and oxygen atoms in total. The lowest BCUT2D eigenvalue weighted by atomic mass is 9.99. The molecule has 0 aromatic carbocycles. The highest BCUT2D eigenvalue weighted by atomic mass is 16.7. The molecule has 1 aliphatic heterocycles. The van der Waals surface area contributed by atoms with Crippen molar-refractivity contribution in [1.29, 1.82) is 0 Å². The molecule has 328 valence electrons. The van der Waals surface area contributed by atoms with Gasteiger partial charge in [-0.3, -0.25) is 4.79 Å². The molecule has 7 unspecified atom stereocenters. The Hall–Kier alpha value is -1.59. The lowest BCUT2D eigenvalue weighted by Gasteiger charge is -2.40. The van der Waals surface area contributed by atoms with Crippen molar-refractivity contribution >= 4 is 5.91 Å². The van der Waals surface area contributed by atoms with E-state index in [1.54, 1.807) is 6.08 Å². The number of allylic oxidation sites excluding steroid dienone is 5. The van der Waals surface area contributed by atoms with Crippen LogP contribution in [-0.2, 0) is 14.3 Å². The molecule has 0 spiro atoms. The summed E-state index contributed by atoms with van der Waals surface area (Å²) in [5, 5.41) is 54.0. The van der Waals surface area contributed by atoms with Crippen LogP contribution in [-0.4, -0.2) is 87.5 Å².